The zero-order valence-corrected chi connectivity index (χ0v) is 14.6. The van der Waals surface area contributed by atoms with Crippen LogP contribution in [0.4, 0.5) is 5.69 Å². The largest absolute Gasteiger partial charge is 0.378 e. The molecule has 1 aromatic carbocycles. The predicted molar refractivity (Wildman–Crippen MR) is 103 cm³/mol. The maximum Gasteiger partial charge on any atom is 0.120 e. The van der Waals surface area contributed by atoms with Crippen molar-refractivity contribution in [1.29, 1.82) is 0 Å². The Hall–Kier alpha value is -3.14. The van der Waals surface area contributed by atoms with Gasteiger partial charge in [0.25, 0.3) is 0 Å². The minimum atomic E-state index is 0.899. The van der Waals surface area contributed by atoms with Gasteiger partial charge in [-0.25, -0.2) is 4.52 Å². The molecule has 0 aliphatic carbocycles. The highest BCUT2D eigenvalue weighted by molar-refractivity contribution is 5.91. The van der Waals surface area contributed by atoms with E-state index in [2.05, 4.69) is 40.2 Å². The molecule has 0 unspecified atom stereocenters. The molecule has 3 aromatic heterocycles. The summed E-state index contributed by atoms with van der Waals surface area (Å²) in [4.78, 5) is 6.79. The van der Waals surface area contributed by atoms with Crippen LogP contribution >= 0.6 is 0 Å². The summed E-state index contributed by atoms with van der Waals surface area (Å²) in [5.41, 5.74) is 7.31. The zero-order valence-electron chi connectivity index (χ0n) is 14.6. The molecule has 0 aliphatic rings. The van der Waals surface area contributed by atoms with Gasteiger partial charge in [0.05, 0.1) is 11.2 Å². The van der Waals surface area contributed by atoms with Crippen molar-refractivity contribution < 1.29 is 0 Å². The van der Waals surface area contributed by atoms with Crippen molar-refractivity contribution in [2.75, 3.05) is 19.0 Å². The van der Waals surface area contributed by atoms with Crippen LogP contribution < -0.4 is 4.90 Å². The number of rotatable bonds is 3. The molecule has 4 aromatic rings. The Kier molecular flexibility index (Phi) is 3.73. The molecule has 0 atom stereocenters. The molecule has 0 N–H and O–H groups in total. The summed E-state index contributed by atoms with van der Waals surface area (Å²) in [7, 11) is 4.10. The van der Waals surface area contributed by atoms with Crippen molar-refractivity contribution in [3.8, 4) is 22.5 Å². The van der Waals surface area contributed by atoms with Gasteiger partial charge in [-0.3, -0.25) is 4.98 Å². The Morgan fingerprint density at radius 2 is 1.68 bits per heavy atom. The normalized spacial score (nSPS) is 11.0. The van der Waals surface area contributed by atoms with Gasteiger partial charge in [-0.15, -0.1) is 0 Å². The third-order valence-corrected chi connectivity index (χ3v) is 4.34. The number of nitrogens with zero attached hydrogens (tertiary/aromatic N) is 4. The fourth-order valence-electron chi connectivity index (χ4n) is 3.06. The van der Waals surface area contributed by atoms with Crippen molar-refractivity contribution in [2.45, 2.75) is 6.92 Å². The molecule has 124 valence electrons. The molecule has 25 heavy (non-hydrogen) atoms. The summed E-state index contributed by atoms with van der Waals surface area (Å²) in [5, 5.41) is 4.80. The van der Waals surface area contributed by atoms with Crippen LogP contribution in [0, 0.1) is 6.92 Å². The highest BCUT2D eigenvalue weighted by Crippen LogP contribution is 2.35. The second kappa shape index (κ2) is 6.06. The second-order valence-corrected chi connectivity index (χ2v) is 6.36. The van der Waals surface area contributed by atoms with Crippen LogP contribution in [0.2, 0.25) is 0 Å². The molecular formula is C21H20N4. The maximum atomic E-state index is 4.80. The fourth-order valence-corrected chi connectivity index (χ4v) is 3.06. The SMILES string of the molecule is Cc1cccc(-c2nn3ccccc3c2-c2ccc(N(C)C)cc2)n1. The van der Waals surface area contributed by atoms with Gasteiger partial charge in [-0.1, -0.05) is 24.3 Å². The lowest BCUT2D eigenvalue weighted by Gasteiger charge is -2.13. The molecular weight excluding hydrogens is 308 g/mol. The Morgan fingerprint density at radius 3 is 2.40 bits per heavy atom. The summed E-state index contributed by atoms with van der Waals surface area (Å²) >= 11 is 0. The van der Waals surface area contributed by atoms with Gasteiger partial charge < -0.3 is 4.90 Å². The highest BCUT2D eigenvalue weighted by Gasteiger charge is 2.17. The van der Waals surface area contributed by atoms with Crippen molar-refractivity contribution in [2.24, 2.45) is 0 Å². The average molecular weight is 328 g/mol. The van der Waals surface area contributed by atoms with Gasteiger partial charge in [-0.2, -0.15) is 5.10 Å². The number of aromatic nitrogens is 3. The number of hydrogen-bond donors (Lipinski definition) is 0. The van der Waals surface area contributed by atoms with Gasteiger partial charge in [-0.05, 0) is 48.9 Å². The number of pyridine rings is 2. The van der Waals surface area contributed by atoms with Crippen LogP contribution in [0.25, 0.3) is 28.0 Å². The van der Waals surface area contributed by atoms with Gasteiger partial charge in [0.2, 0.25) is 0 Å². The monoisotopic (exact) mass is 328 g/mol. The fraction of sp³-hybridized carbons (Fsp3) is 0.143. The summed E-state index contributed by atoms with van der Waals surface area (Å²) in [6.07, 6.45) is 1.98. The minimum absolute atomic E-state index is 0.899. The van der Waals surface area contributed by atoms with E-state index < -0.39 is 0 Å². The number of hydrogen-bond acceptors (Lipinski definition) is 3. The molecule has 0 bridgehead atoms. The van der Waals surface area contributed by atoms with E-state index in [1.807, 2.05) is 62.1 Å². The van der Waals surface area contributed by atoms with Gasteiger partial charge in [0.1, 0.15) is 5.69 Å². The summed E-state index contributed by atoms with van der Waals surface area (Å²) < 4.78 is 1.93. The lowest BCUT2D eigenvalue weighted by molar-refractivity contribution is 0.961. The molecule has 0 amide bonds. The molecule has 0 saturated carbocycles. The zero-order chi connectivity index (χ0) is 17.4. The van der Waals surface area contributed by atoms with Crippen LogP contribution in [0.3, 0.4) is 0 Å². The molecule has 4 heteroatoms. The van der Waals surface area contributed by atoms with Gasteiger partial charge >= 0.3 is 0 Å². The first-order valence-electron chi connectivity index (χ1n) is 8.32. The van der Waals surface area contributed by atoms with Crippen molar-refractivity contribution >= 4 is 11.2 Å². The van der Waals surface area contributed by atoms with E-state index in [1.54, 1.807) is 0 Å². The summed E-state index contributed by atoms with van der Waals surface area (Å²) in [6.45, 7) is 2.00. The Labute approximate surface area is 147 Å². The molecule has 0 aliphatic heterocycles. The third kappa shape index (κ3) is 2.76. The van der Waals surface area contributed by atoms with E-state index in [0.29, 0.717) is 0 Å². The van der Waals surface area contributed by atoms with Gasteiger partial charge in [0, 0.05) is 37.2 Å². The van der Waals surface area contributed by atoms with Crippen molar-refractivity contribution in [3.63, 3.8) is 0 Å². The molecule has 3 heterocycles. The van der Waals surface area contributed by atoms with Gasteiger partial charge in [0.15, 0.2) is 0 Å². The number of aryl methyl sites for hydroxylation is 1. The number of fused-ring (bicyclic) bond motifs is 1. The lowest BCUT2D eigenvalue weighted by atomic mass is 10.0. The summed E-state index contributed by atoms with van der Waals surface area (Å²) in [5.74, 6) is 0. The lowest BCUT2D eigenvalue weighted by Crippen LogP contribution is -2.07. The van der Waals surface area contributed by atoms with Crippen molar-refractivity contribution in [3.05, 3.63) is 72.6 Å². The molecule has 0 fully saturated rings. The highest BCUT2D eigenvalue weighted by atomic mass is 15.2. The van der Waals surface area contributed by atoms with E-state index in [1.165, 1.54) is 5.69 Å². The van der Waals surface area contributed by atoms with Crippen LogP contribution in [-0.2, 0) is 0 Å². The van der Waals surface area contributed by atoms with Crippen LogP contribution in [0.1, 0.15) is 5.69 Å². The molecule has 0 spiro atoms. The van der Waals surface area contributed by atoms with E-state index in [0.717, 1.165) is 33.7 Å². The van der Waals surface area contributed by atoms with Crippen LogP contribution in [0.5, 0.6) is 0 Å². The van der Waals surface area contributed by atoms with E-state index in [9.17, 15) is 0 Å². The average Bonchev–Trinajstić information content (AvgIpc) is 3.01. The first kappa shape index (κ1) is 15.4. The molecule has 4 rings (SSSR count). The maximum absolute atomic E-state index is 4.80. The Bertz CT molecular complexity index is 1030. The Morgan fingerprint density at radius 1 is 0.880 bits per heavy atom. The predicted octanol–water partition coefficient (Wildman–Crippen LogP) is 4.44. The third-order valence-electron chi connectivity index (χ3n) is 4.34. The minimum Gasteiger partial charge on any atom is -0.378 e. The van der Waals surface area contributed by atoms with E-state index >= 15 is 0 Å². The van der Waals surface area contributed by atoms with Crippen LogP contribution in [0.15, 0.2) is 66.9 Å². The number of benzene rings is 1. The standard InChI is InChI=1S/C21H20N4/c1-15-7-6-8-18(22-15)21-20(19-9-4-5-14-25(19)23-21)16-10-12-17(13-11-16)24(2)3/h4-14H,1-3H3. The van der Waals surface area contributed by atoms with Crippen molar-refractivity contribution in [1.82, 2.24) is 14.6 Å². The Balaban J connectivity index is 1.96. The molecule has 0 radical (unpaired) electrons. The van der Waals surface area contributed by atoms with E-state index in [4.69, 9.17) is 5.10 Å². The molecule has 0 saturated heterocycles. The summed E-state index contributed by atoms with van der Waals surface area (Å²) in [6, 6.07) is 20.8. The first-order chi connectivity index (χ1) is 12.1. The molecule has 4 nitrogen and oxygen atoms in total. The number of anilines is 1. The van der Waals surface area contributed by atoms with E-state index in [-0.39, 0.29) is 0 Å². The smallest absolute Gasteiger partial charge is 0.120 e. The second-order valence-electron chi connectivity index (χ2n) is 6.36. The topological polar surface area (TPSA) is 33.4 Å². The first-order valence-corrected chi connectivity index (χ1v) is 8.32. The van der Waals surface area contributed by atoms with Crippen LogP contribution in [-0.4, -0.2) is 28.7 Å². The quantitative estimate of drug-likeness (QED) is 0.557.